The van der Waals surface area contributed by atoms with E-state index < -0.39 is 0 Å². The van der Waals surface area contributed by atoms with Crippen LogP contribution in [0.5, 0.6) is 0 Å². The highest BCUT2D eigenvalue weighted by molar-refractivity contribution is 6.33. The second-order valence-electron chi connectivity index (χ2n) is 3.49. The fraction of sp³-hybridized carbons (Fsp3) is 0.0833. The number of benzene rings is 1. The van der Waals surface area contributed by atoms with Gasteiger partial charge in [-0.05, 0) is 37.3 Å². The second kappa shape index (κ2) is 4.10. The van der Waals surface area contributed by atoms with Crippen molar-refractivity contribution in [1.29, 1.82) is 0 Å². The van der Waals surface area contributed by atoms with Gasteiger partial charge in [-0.3, -0.25) is 0 Å². The monoisotopic (exact) mass is 236 g/mol. The lowest BCUT2D eigenvalue weighted by Gasteiger charge is -2.08. The Labute approximate surface area is 97.9 Å². The summed E-state index contributed by atoms with van der Waals surface area (Å²) in [6.07, 6.45) is 0. The van der Waals surface area contributed by atoms with Crippen LogP contribution < -0.4 is 5.73 Å². The van der Waals surface area contributed by atoms with Crippen LogP contribution in [0.15, 0.2) is 30.3 Å². The lowest BCUT2D eigenvalue weighted by Crippen LogP contribution is -1.94. The minimum atomic E-state index is -0.323. The van der Waals surface area contributed by atoms with Gasteiger partial charge >= 0.3 is 0 Å². The summed E-state index contributed by atoms with van der Waals surface area (Å²) in [4.78, 5) is 4.12. The molecule has 4 heteroatoms. The molecule has 1 aromatic heterocycles. The van der Waals surface area contributed by atoms with E-state index in [0.717, 1.165) is 11.3 Å². The molecule has 0 saturated heterocycles. The highest BCUT2D eigenvalue weighted by Crippen LogP contribution is 2.30. The Morgan fingerprint density at radius 2 is 1.94 bits per heavy atom. The largest absolute Gasteiger partial charge is 0.384 e. The number of aromatic nitrogens is 1. The summed E-state index contributed by atoms with van der Waals surface area (Å²) in [5.41, 5.74) is 7.71. The number of nitrogens with zero attached hydrogens (tertiary/aromatic N) is 1. The van der Waals surface area contributed by atoms with Gasteiger partial charge < -0.3 is 5.73 Å². The summed E-state index contributed by atoms with van der Waals surface area (Å²) in [7, 11) is 0. The zero-order valence-corrected chi connectivity index (χ0v) is 9.42. The Kier molecular flexibility index (Phi) is 2.79. The number of nitrogens with two attached hydrogens (primary N) is 1. The molecule has 0 bridgehead atoms. The minimum absolute atomic E-state index is 0.323. The molecule has 0 saturated carbocycles. The molecule has 2 rings (SSSR count). The first-order chi connectivity index (χ1) is 7.58. The Morgan fingerprint density at radius 1 is 1.19 bits per heavy atom. The van der Waals surface area contributed by atoms with Gasteiger partial charge in [0.2, 0.25) is 0 Å². The molecular formula is C12H10ClFN2. The Bertz CT molecular complexity index is 541. The van der Waals surface area contributed by atoms with Crippen LogP contribution in [0.1, 0.15) is 5.69 Å². The van der Waals surface area contributed by atoms with Crippen molar-refractivity contribution in [2.45, 2.75) is 6.92 Å². The average molecular weight is 237 g/mol. The summed E-state index contributed by atoms with van der Waals surface area (Å²) >= 11 is 6.02. The lowest BCUT2D eigenvalue weighted by atomic mass is 10.0. The Morgan fingerprint density at radius 3 is 2.62 bits per heavy atom. The maximum absolute atomic E-state index is 13.1. The van der Waals surface area contributed by atoms with Crippen molar-refractivity contribution < 1.29 is 4.39 Å². The zero-order chi connectivity index (χ0) is 11.7. The average Bonchev–Trinajstić information content (AvgIpc) is 2.22. The Balaban J connectivity index is 2.62. The van der Waals surface area contributed by atoms with Gasteiger partial charge in [0.15, 0.2) is 0 Å². The van der Waals surface area contributed by atoms with Crippen molar-refractivity contribution >= 4 is 17.4 Å². The van der Waals surface area contributed by atoms with Crippen LogP contribution in [-0.2, 0) is 0 Å². The number of nitrogen functional groups attached to an aromatic ring is 1. The quantitative estimate of drug-likeness (QED) is 0.824. The van der Waals surface area contributed by atoms with Crippen LogP contribution >= 0.6 is 11.6 Å². The lowest BCUT2D eigenvalue weighted by molar-refractivity contribution is 0.628. The van der Waals surface area contributed by atoms with E-state index in [1.54, 1.807) is 12.1 Å². The predicted octanol–water partition coefficient (Wildman–Crippen LogP) is 3.43. The molecule has 2 nitrogen and oxygen atoms in total. The molecule has 2 N–H and O–H groups in total. The fourth-order valence-corrected chi connectivity index (χ4v) is 1.79. The van der Waals surface area contributed by atoms with Crippen molar-refractivity contribution in [1.82, 2.24) is 4.98 Å². The normalized spacial score (nSPS) is 10.4. The van der Waals surface area contributed by atoms with E-state index in [-0.39, 0.29) is 5.82 Å². The Hall–Kier alpha value is -1.61. The molecule has 0 aliphatic rings. The van der Waals surface area contributed by atoms with Crippen LogP contribution in [0, 0.1) is 12.7 Å². The van der Waals surface area contributed by atoms with Gasteiger partial charge in [-0.15, -0.1) is 0 Å². The van der Waals surface area contributed by atoms with E-state index >= 15 is 0 Å². The van der Waals surface area contributed by atoms with Crippen LogP contribution in [-0.4, -0.2) is 4.98 Å². The van der Waals surface area contributed by atoms with Crippen LogP contribution in [0.4, 0.5) is 10.2 Å². The first kappa shape index (κ1) is 10.9. The highest BCUT2D eigenvalue weighted by Gasteiger charge is 2.08. The molecule has 1 heterocycles. The summed E-state index contributed by atoms with van der Waals surface area (Å²) in [5.74, 6) is 0.115. The topological polar surface area (TPSA) is 38.9 Å². The van der Waals surface area contributed by atoms with Crippen molar-refractivity contribution in [2.75, 3.05) is 5.73 Å². The van der Waals surface area contributed by atoms with Gasteiger partial charge in [-0.2, -0.15) is 0 Å². The molecule has 0 aliphatic heterocycles. The first-order valence-electron chi connectivity index (χ1n) is 4.76. The van der Waals surface area contributed by atoms with E-state index in [0.29, 0.717) is 16.4 Å². The summed E-state index contributed by atoms with van der Waals surface area (Å²) in [6, 6.07) is 7.71. The number of hydrogen-bond acceptors (Lipinski definition) is 2. The number of halogens is 2. The number of hydrogen-bond donors (Lipinski definition) is 1. The molecule has 1 aromatic carbocycles. The standard InChI is InChI=1S/C12H10ClFN2/c1-7-9(3-5-12(15)16-7)10-6-8(14)2-4-11(10)13/h2-6H,1H3,(H2,15,16). The molecule has 82 valence electrons. The first-order valence-corrected chi connectivity index (χ1v) is 5.14. The summed E-state index contributed by atoms with van der Waals surface area (Å²) < 4.78 is 13.1. The molecule has 0 spiro atoms. The predicted molar refractivity (Wildman–Crippen MR) is 63.8 cm³/mol. The molecular weight excluding hydrogens is 227 g/mol. The third-order valence-corrected chi connectivity index (χ3v) is 2.66. The van der Waals surface area contributed by atoms with Gasteiger partial charge in [-0.25, -0.2) is 9.37 Å². The van der Waals surface area contributed by atoms with Gasteiger partial charge in [0.1, 0.15) is 11.6 Å². The van der Waals surface area contributed by atoms with E-state index in [2.05, 4.69) is 4.98 Å². The minimum Gasteiger partial charge on any atom is -0.384 e. The van der Waals surface area contributed by atoms with Crippen molar-refractivity contribution in [3.8, 4) is 11.1 Å². The summed E-state index contributed by atoms with van der Waals surface area (Å²) in [5, 5.41) is 0.496. The molecule has 0 amide bonds. The van der Waals surface area contributed by atoms with Crippen molar-refractivity contribution in [3.63, 3.8) is 0 Å². The van der Waals surface area contributed by atoms with Crippen LogP contribution in [0.2, 0.25) is 5.02 Å². The SMILES string of the molecule is Cc1nc(N)ccc1-c1cc(F)ccc1Cl. The molecule has 0 fully saturated rings. The number of anilines is 1. The van der Waals surface area contributed by atoms with E-state index in [9.17, 15) is 4.39 Å². The molecule has 16 heavy (non-hydrogen) atoms. The highest BCUT2D eigenvalue weighted by atomic mass is 35.5. The third-order valence-electron chi connectivity index (χ3n) is 2.33. The molecule has 2 aromatic rings. The summed E-state index contributed by atoms with van der Waals surface area (Å²) in [6.45, 7) is 1.81. The second-order valence-corrected chi connectivity index (χ2v) is 3.90. The third kappa shape index (κ3) is 1.99. The van der Waals surface area contributed by atoms with Crippen LogP contribution in [0.3, 0.4) is 0 Å². The molecule has 0 radical (unpaired) electrons. The zero-order valence-electron chi connectivity index (χ0n) is 8.67. The van der Waals surface area contributed by atoms with E-state index in [1.807, 2.05) is 6.92 Å². The van der Waals surface area contributed by atoms with Crippen LogP contribution in [0.25, 0.3) is 11.1 Å². The van der Waals surface area contributed by atoms with E-state index in [1.165, 1.54) is 18.2 Å². The van der Waals surface area contributed by atoms with Crippen molar-refractivity contribution in [2.24, 2.45) is 0 Å². The van der Waals surface area contributed by atoms with Gasteiger partial charge in [0.05, 0.1) is 0 Å². The van der Waals surface area contributed by atoms with Gasteiger partial charge in [0.25, 0.3) is 0 Å². The molecule has 0 unspecified atom stereocenters. The maximum Gasteiger partial charge on any atom is 0.123 e. The number of aryl methyl sites for hydroxylation is 1. The molecule has 0 atom stereocenters. The maximum atomic E-state index is 13.1. The van der Waals surface area contributed by atoms with E-state index in [4.69, 9.17) is 17.3 Å². The smallest absolute Gasteiger partial charge is 0.123 e. The number of rotatable bonds is 1. The molecule has 0 aliphatic carbocycles. The number of pyridine rings is 1. The van der Waals surface area contributed by atoms with Gasteiger partial charge in [0, 0.05) is 21.8 Å². The fourth-order valence-electron chi connectivity index (χ4n) is 1.57. The van der Waals surface area contributed by atoms with Crippen molar-refractivity contribution in [3.05, 3.63) is 46.9 Å². The van der Waals surface area contributed by atoms with Gasteiger partial charge in [-0.1, -0.05) is 11.6 Å².